The van der Waals surface area contributed by atoms with Gasteiger partial charge in [0, 0.05) is 21.8 Å². The Morgan fingerprint density at radius 1 is 1.26 bits per heavy atom. The summed E-state index contributed by atoms with van der Waals surface area (Å²) in [5.41, 5.74) is 6.56. The van der Waals surface area contributed by atoms with E-state index in [0.717, 1.165) is 5.56 Å². The molecule has 0 atom stereocenters. The molecule has 1 amide bonds. The number of halogens is 2. The minimum absolute atomic E-state index is 0.139. The number of nitrogens with two attached hydrogens (primary N) is 1. The molecule has 19 heavy (non-hydrogen) atoms. The number of nitrogens with zero attached hydrogens (tertiary/aromatic N) is 2. The van der Waals surface area contributed by atoms with Crippen molar-refractivity contribution in [3.63, 3.8) is 0 Å². The Bertz CT molecular complexity index is 601. The molecule has 0 saturated heterocycles. The quantitative estimate of drug-likeness (QED) is 0.696. The Labute approximate surface area is 124 Å². The molecule has 0 bridgehead atoms. The largest absolute Gasteiger partial charge is 0.369 e. The molecule has 98 valence electrons. The third-order valence-corrected chi connectivity index (χ3v) is 3.46. The zero-order chi connectivity index (χ0) is 13.8. The molecule has 1 aromatic heterocycles. The van der Waals surface area contributed by atoms with Gasteiger partial charge in [-0.3, -0.25) is 4.79 Å². The molecule has 2 N–H and O–H groups in total. The summed E-state index contributed by atoms with van der Waals surface area (Å²) in [5.74, 6) is -0.274. The van der Waals surface area contributed by atoms with Crippen LogP contribution in [-0.2, 0) is 4.79 Å². The van der Waals surface area contributed by atoms with Crippen LogP contribution in [-0.4, -0.2) is 21.6 Å². The van der Waals surface area contributed by atoms with Crippen LogP contribution in [0.5, 0.6) is 0 Å². The maximum Gasteiger partial charge on any atom is 0.227 e. The van der Waals surface area contributed by atoms with Crippen molar-refractivity contribution in [3.8, 4) is 11.3 Å². The first kappa shape index (κ1) is 14.1. The van der Waals surface area contributed by atoms with E-state index in [4.69, 9.17) is 28.9 Å². The zero-order valence-corrected chi connectivity index (χ0v) is 12.0. The van der Waals surface area contributed by atoms with Crippen molar-refractivity contribution in [2.75, 3.05) is 5.75 Å². The second kappa shape index (κ2) is 6.23. The monoisotopic (exact) mass is 313 g/mol. The number of carbonyl (C=O) groups excluding carboxylic acids is 1. The summed E-state index contributed by atoms with van der Waals surface area (Å²) in [6.45, 7) is 0. The molecule has 0 radical (unpaired) electrons. The average Bonchev–Trinajstić information content (AvgIpc) is 2.35. The number of thioether (sulfide) groups is 1. The van der Waals surface area contributed by atoms with Gasteiger partial charge in [-0.25, -0.2) is 9.97 Å². The standard InChI is InChI=1S/C12H9Cl2N3OS/c13-8-3-7(4-9(14)5-8)10-1-2-16-12(17-10)19-6-11(15)18/h1-5H,6H2,(H2,15,18). The molecular formula is C12H9Cl2N3OS. The lowest BCUT2D eigenvalue weighted by Crippen LogP contribution is -2.13. The first-order chi connectivity index (χ1) is 9.04. The van der Waals surface area contributed by atoms with Crippen LogP contribution in [0.2, 0.25) is 10.0 Å². The molecule has 2 rings (SSSR count). The summed E-state index contributed by atoms with van der Waals surface area (Å²) >= 11 is 13.1. The molecule has 2 aromatic rings. The normalized spacial score (nSPS) is 10.4. The predicted octanol–water partition coefficient (Wildman–Crippen LogP) is 3.03. The minimum atomic E-state index is -0.412. The van der Waals surface area contributed by atoms with E-state index < -0.39 is 5.91 Å². The van der Waals surface area contributed by atoms with Gasteiger partial charge >= 0.3 is 0 Å². The average molecular weight is 314 g/mol. The highest BCUT2D eigenvalue weighted by Crippen LogP contribution is 2.26. The van der Waals surface area contributed by atoms with E-state index in [0.29, 0.717) is 20.9 Å². The summed E-state index contributed by atoms with van der Waals surface area (Å²) in [6, 6.07) is 6.92. The molecule has 7 heteroatoms. The van der Waals surface area contributed by atoms with Crippen molar-refractivity contribution >= 4 is 40.9 Å². The lowest BCUT2D eigenvalue weighted by atomic mass is 10.1. The van der Waals surface area contributed by atoms with E-state index in [1.54, 1.807) is 30.5 Å². The van der Waals surface area contributed by atoms with Gasteiger partial charge in [0.25, 0.3) is 0 Å². The van der Waals surface area contributed by atoms with E-state index >= 15 is 0 Å². The molecule has 1 heterocycles. The zero-order valence-electron chi connectivity index (χ0n) is 9.64. The fourth-order valence-corrected chi connectivity index (χ4v) is 2.50. The maximum atomic E-state index is 10.7. The van der Waals surface area contributed by atoms with Crippen molar-refractivity contribution in [3.05, 3.63) is 40.5 Å². The highest BCUT2D eigenvalue weighted by atomic mass is 35.5. The van der Waals surface area contributed by atoms with E-state index in [-0.39, 0.29) is 5.75 Å². The Morgan fingerprint density at radius 2 is 1.95 bits per heavy atom. The Kier molecular flexibility index (Phi) is 4.63. The van der Waals surface area contributed by atoms with Crippen LogP contribution in [0.4, 0.5) is 0 Å². The summed E-state index contributed by atoms with van der Waals surface area (Å²) < 4.78 is 0. The summed E-state index contributed by atoms with van der Waals surface area (Å²) in [7, 11) is 0. The van der Waals surface area contributed by atoms with Gasteiger partial charge in [-0.1, -0.05) is 35.0 Å². The molecule has 4 nitrogen and oxygen atoms in total. The van der Waals surface area contributed by atoms with E-state index in [1.165, 1.54) is 11.8 Å². The first-order valence-electron chi connectivity index (χ1n) is 5.25. The number of hydrogen-bond acceptors (Lipinski definition) is 4. The summed E-state index contributed by atoms with van der Waals surface area (Å²) in [6.07, 6.45) is 1.61. The number of benzene rings is 1. The molecule has 0 fully saturated rings. The van der Waals surface area contributed by atoms with E-state index in [2.05, 4.69) is 9.97 Å². The number of primary amides is 1. The number of hydrogen-bond donors (Lipinski definition) is 1. The fraction of sp³-hybridized carbons (Fsp3) is 0.0833. The second-order valence-corrected chi connectivity index (χ2v) is 5.45. The topological polar surface area (TPSA) is 68.9 Å². The van der Waals surface area contributed by atoms with Crippen molar-refractivity contribution in [2.45, 2.75) is 5.16 Å². The number of aromatic nitrogens is 2. The number of amides is 1. The Morgan fingerprint density at radius 3 is 2.58 bits per heavy atom. The van der Waals surface area contributed by atoms with Crippen LogP contribution < -0.4 is 5.73 Å². The predicted molar refractivity (Wildman–Crippen MR) is 77.4 cm³/mol. The van der Waals surface area contributed by atoms with Crippen molar-refractivity contribution in [2.24, 2.45) is 5.73 Å². The van der Waals surface area contributed by atoms with Crippen LogP contribution in [0.25, 0.3) is 11.3 Å². The molecule has 1 aromatic carbocycles. The van der Waals surface area contributed by atoms with E-state index in [9.17, 15) is 4.79 Å². The van der Waals surface area contributed by atoms with Crippen LogP contribution >= 0.6 is 35.0 Å². The van der Waals surface area contributed by atoms with Gasteiger partial charge in [-0.05, 0) is 24.3 Å². The number of carbonyl (C=O) groups is 1. The maximum absolute atomic E-state index is 10.7. The van der Waals surface area contributed by atoms with Gasteiger partial charge in [0.2, 0.25) is 5.91 Å². The van der Waals surface area contributed by atoms with Crippen LogP contribution in [0.3, 0.4) is 0 Å². The third-order valence-electron chi connectivity index (χ3n) is 2.14. The molecule has 0 aliphatic carbocycles. The van der Waals surface area contributed by atoms with Crippen LogP contribution in [0, 0.1) is 0 Å². The molecule has 0 aliphatic heterocycles. The lowest BCUT2D eigenvalue weighted by molar-refractivity contribution is -0.115. The van der Waals surface area contributed by atoms with Gasteiger partial charge in [0.15, 0.2) is 5.16 Å². The lowest BCUT2D eigenvalue weighted by Gasteiger charge is -2.04. The molecule has 0 aliphatic rings. The molecule has 0 spiro atoms. The Hall–Kier alpha value is -1.30. The van der Waals surface area contributed by atoms with Gasteiger partial charge in [0.1, 0.15) is 0 Å². The first-order valence-corrected chi connectivity index (χ1v) is 6.99. The van der Waals surface area contributed by atoms with Crippen molar-refractivity contribution in [1.29, 1.82) is 0 Å². The molecule has 0 unspecified atom stereocenters. The van der Waals surface area contributed by atoms with Gasteiger partial charge in [0.05, 0.1) is 11.4 Å². The molecular weight excluding hydrogens is 305 g/mol. The summed E-state index contributed by atoms with van der Waals surface area (Å²) in [4.78, 5) is 19.1. The van der Waals surface area contributed by atoms with Gasteiger partial charge in [-0.2, -0.15) is 0 Å². The fourth-order valence-electron chi connectivity index (χ4n) is 1.41. The minimum Gasteiger partial charge on any atom is -0.369 e. The van der Waals surface area contributed by atoms with Gasteiger partial charge in [-0.15, -0.1) is 0 Å². The van der Waals surface area contributed by atoms with Crippen LogP contribution in [0.15, 0.2) is 35.6 Å². The van der Waals surface area contributed by atoms with Crippen molar-refractivity contribution < 1.29 is 4.79 Å². The van der Waals surface area contributed by atoms with Crippen molar-refractivity contribution in [1.82, 2.24) is 9.97 Å². The summed E-state index contributed by atoms with van der Waals surface area (Å²) in [5, 5.41) is 1.55. The van der Waals surface area contributed by atoms with E-state index in [1.807, 2.05) is 0 Å². The second-order valence-electron chi connectivity index (χ2n) is 3.64. The van der Waals surface area contributed by atoms with Gasteiger partial charge < -0.3 is 5.73 Å². The Balaban J connectivity index is 2.29. The highest BCUT2D eigenvalue weighted by molar-refractivity contribution is 7.99. The smallest absolute Gasteiger partial charge is 0.227 e. The highest BCUT2D eigenvalue weighted by Gasteiger charge is 2.06. The van der Waals surface area contributed by atoms with Crippen LogP contribution in [0.1, 0.15) is 0 Å². The third kappa shape index (κ3) is 4.09. The number of rotatable bonds is 4. The molecule has 0 saturated carbocycles. The SMILES string of the molecule is NC(=O)CSc1nccc(-c2cc(Cl)cc(Cl)c2)n1.